The monoisotopic (exact) mass is 294 g/mol. The molecule has 19 heavy (non-hydrogen) atoms. The van der Waals surface area contributed by atoms with Gasteiger partial charge in [-0.15, -0.1) is 0 Å². The van der Waals surface area contributed by atoms with Crippen LogP contribution < -0.4 is 9.47 Å². The van der Waals surface area contributed by atoms with Gasteiger partial charge in [0.15, 0.2) is 17.3 Å². The number of carbonyl (C=O) groups excluding carboxylic acids is 1. The number of ether oxygens (including phenoxy) is 2. The Labute approximate surface area is 119 Å². The molecule has 0 spiro atoms. The van der Waals surface area contributed by atoms with E-state index in [0.717, 1.165) is 6.42 Å². The average Bonchev–Trinajstić information content (AvgIpc) is 2.84. The first kappa shape index (κ1) is 12.5. The fraction of sp³-hybridized carbons (Fsp3) is 0.214. The van der Waals surface area contributed by atoms with E-state index in [1.165, 1.54) is 11.3 Å². The summed E-state index contributed by atoms with van der Waals surface area (Å²) >= 11 is 7.65. The van der Waals surface area contributed by atoms with E-state index in [2.05, 4.69) is 0 Å². The highest BCUT2D eigenvalue weighted by atomic mass is 35.5. The second kappa shape index (κ2) is 5.23. The van der Waals surface area contributed by atoms with Crippen LogP contribution in [-0.4, -0.2) is 19.0 Å². The van der Waals surface area contributed by atoms with Crippen LogP contribution in [0.4, 0.5) is 0 Å². The molecule has 0 saturated carbocycles. The molecule has 0 aliphatic carbocycles. The Morgan fingerprint density at radius 3 is 2.63 bits per heavy atom. The largest absolute Gasteiger partial charge is 0.490 e. The number of rotatable bonds is 2. The van der Waals surface area contributed by atoms with Crippen molar-refractivity contribution in [3.63, 3.8) is 0 Å². The molecule has 0 saturated heterocycles. The molecule has 1 aromatic carbocycles. The van der Waals surface area contributed by atoms with E-state index in [0.29, 0.717) is 40.9 Å². The van der Waals surface area contributed by atoms with Crippen molar-refractivity contribution in [1.29, 1.82) is 0 Å². The highest BCUT2D eigenvalue weighted by Gasteiger charge is 2.19. The van der Waals surface area contributed by atoms with E-state index < -0.39 is 0 Å². The van der Waals surface area contributed by atoms with Crippen LogP contribution in [0.2, 0.25) is 5.02 Å². The topological polar surface area (TPSA) is 35.5 Å². The van der Waals surface area contributed by atoms with Gasteiger partial charge in [0.2, 0.25) is 0 Å². The van der Waals surface area contributed by atoms with Crippen molar-refractivity contribution in [1.82, 2.24) is 0 Å². The van der Waals surface area contributed by atoms with Gasteiger partial charge in [-0.3, -0.25) is 4.79 Å². The quantitative estimate of drug-likeness (QED) is 0.791. The lowest BCUT2D eigenvalue weighted by molar-refractivity contribution is 0.103. The Balaban J connectivity index is 2.02. The molecule has 98 valence electrons. The first-order valence-electron chi connectivity index (χ1n) is 5.92. The van der Waals surface area contributed by atoms with Crippen molar-refractivity contribution < 1.29 is 14.3 Å². The first-order chi connectivity index (χ1) is 9.25. The van der Waals surface area contributed by atoms with E-state index >= 15 is 0 Å². The lowest BCUT2D eigenvalue weighted by Crippen LogP contribution is -2.02. The van der Waals surface area contributed by atoms with Gasteiger partial charge >= 0.3 is 0 Å². The summed E-state index contributed by atoms with van der Waals surface area (Å²) in [4.78, 5) is 12.3. The van der Waals surface area contributed by atoms with Crippen LogP contribution in [0.5, 0.6) is 11.5 Å². The Bertz CT molecular complexity index is 607. The SMILES string of the molecule is O=C(c1ccsc1)c1cc2c(cc1Cl)OCCCO2. The zero-order chi connectivity index (χ0) is 13.2. The van der Waals surface area contributed by atoms with Crippen LogP contribution in [-0.2, 0) is 0 Å². The number of halogens is 1. The Kier molecular flexibility index (Phi) is 3.44. The Morgan fingerprint density at radius 2 is 1.95 bits per heavy atom. The van der Waals surface area contributed by atoms with Crippen molar-refractivity contribution in [3.8, 4) is 11.5 Å². The van der Waals surface area contributed by atoms with E-state index in [1.807, 2.05) is 10.8 Å². The molecular formula is C14H11ClO3S. The maximum Gasteiger partial charge on any atom is 0.195 e. The molecule has 0 atom stereocenters. The lowest BCUT2D eigenvalue weighted by Gasteiger charge is -2.10. The average molecular weight is 295 g/mol. The van der Waals surface area contributed by atoms with Crippen LogP contribution in [0.25, 0.3) is 0 Å². The van der Waals surface area contributed by atoms with E-state index in [-0.39, 0.29) is 5.78 Å². The number of carbonyl (C=O) groups is 1. The molecule has 2 heterocycles. The highest BCUT2D eigenvalue weighted by Crippen LogP contribution is 2.36. The first-order valence-corrected chi connectivity index (χ1v) is 7.24. The number of ketones is 1. The Hall–Kier alpha value is -1.52. The second-order valence-corrected chi connectivity index (χ2v) is 5.36. The molecule has 0 fully saturated rings. The van der Waals surface area contributed by atoms with E-state index in [4.69, 9.17) is 21.1 Å². The maximum atomic E-state index is 12.3. The summed E-state index contributed by atoms with van der Waals surface area (Å²) in [6.07, 6.45) is 0.820. The summed E-state index contributed by atoms with van der Waals surface area (Å²) in [6, 6.07) is 5.11. The summed E-state index contributed by atoms with van der Waals surface area (Å²) < 4.78 is 11.1. The molecule has 2 aromatic rings. The molecule has 3 rings (SSSR count). The van der Waals surface area contributed by atoms with Gasteiger partial charge in [-0.2, -0.15) is 11.3 Å². The van der Waals surface area contributed by atoms with Crippen molar-refractivity contribution in [2.45, 2.75) is 6.42 Å². The molecule has 1 aliphatic heterocycles. The van der Waals surface area contributed by atoms with Crippen LogP contribution >= 0.6 is 22.9 Å². The molecule has 1 aromatic heterocycles. The summed E-state index contributed by atoms with van der Waals surface area (Å²) in [5.41, 5.74) is 1.09. The third-order valence-electron chi connectivity index (χ3n) is 2.87. The fourth-order valence-corrected chi connectivity index (χ4v) is 2.78. The molecular weight excluding hydrogens is 284 g/mol. The van der Waals surface area contributed by atoms with Crippen molar-refractivity contribution in [2.24, 2.45) is 0 Å². The molecule has 3 nitrogen and oxygen atoms in total. The number of hydrogen-bond acceptors (Lipinski definition) is 4. The van der Waals surface area contributed by atoms with Gasteiger partial charge in [0.25, 0.3) is 0 Å². The summed E-state index contributed by atoms with van der Waals surface area (Å²) in [6.45, 7) is 1.18. The van der Waals surface area contributed by atoms with E-state index in [1.54, 1.807) is 18.2 Å². The third kappa shape index (κ3) is 2.46. The molecule has 5 heteroatoms. The van der Waals surface area contributed by atoms with Crippen LogP contribution in [0.3, 0.4) is 0 Å². The summed E-state index contributed by atoms with van der Waals surface area (Å²) in [5.74, 6) is 1.09. The van der Waals surface area contributed by atoms with Gasteiger partial charge in [-0.05, 0) is 17.5 Å². The maximum absolute atomic E-state index is 12.3. The number of fused-ring (bicyclic) bond motifs is 1. The van der Waals surface area contributed by atoms with Crippen LogP contribution in [0, 0.1) is 0 Å². The van der Waals surface area contributed by atoms with Gasteiger partial charge in [0, 0.05) is 29.0 Å². The minimum absolute atomic E-state index is 0.0955. The minimum atomic E-state index is -0.0955. The normalized spacial score (nSPS) is 13.9. The molecule has 1 aliphatic rings. The number of benzene rings is 1. The molecule has 0 unspecified atom stereocenters. The minimum Gasteiger partial charge on any atom is -0.490 e. The van der Waals surface area contributed by atoms with Gasteiger partial charge in [-0.25, -0.2) is 0 Å². The van der Waals surface area contributed by atoms with Crippen molar-refractivity contribution >= 4 is 28.7 Å². The molecule has 0 bridgehead atoms. The van der Waals surface area contributed by atoms with Gasteiger partial charge in [-0.1, -0.05) is 11.6 Å². The zero-order valence-corrected chi connectivity index (χ0v) is 11.6. The summed E-state index contributed by atoms with van der Waals surface area (Å²) in [7, 11) is 0. The lowest BCUT2D eigenvalue weighted by atomic mass is 10.1. The van der Waals surface area contributed by atoms with Gasteiger partial charge in [0.05, 0.1) is 18.2 Å². The van der Waals surface area contributed by atoms with Crippen LogP contribution in [0.15, 0.2) is 29.0 Å². The standard InChI is InChI=1S/C14H11ClO3S/c15-11-7-13-12(17-3-1-4-18-13)6-10(11)14(16)9-2-5-19-8-9/h2,5-8H,1,3-4H2. The molecule has 0 amide bonds. The highest BCUT2D eigenvalue weighted by molar-refractivity contribution is 7.08. The molecule has 0 N–H and O–H groups in total. The fourth-order valence-electron chi connectivity index (χ4n) is 1.91. The van der Waals surface area contributed by atoms with Crippen molar-refractivity contribution in [3.05, 3.63) is 45.1 Å². The molecule has 0 radical (unpaired) electrons. The predicted molar refractivity (Wildman–Crippen MR) is 74.8 cm³/mol. The van der Waals surface area contributed by atoms with Gasteiger partial charge in [0.1, 0.15) is 0 Å². The summed E-state index contributed by atoms with van der Waals surface area (Å²) in [5, 5.41) is 4.06. The number of thiophene rings is 1. The smallest absolute Gasteiger partial charge is 0.195 e. The van der Waals surface area contributed by atoms with Crippen LogP contribution in [0.1, 0.15) is 22.3 Å². The zero-order valence-electron chi connectivity index (χ0n) is 10.0. The van der Waals surface area contributed by atoms with E-state index in [9.17, 15) is 4.79 Å². The third-order valence-corrected chi connectivity index (χ3v) is 3.86. The Morgan fingerprint density at radius 1 is 1.21 bits per heavy atom. The number of hydrogen-bond donors (Lipinski definition) is 0. The van der Waals surface area contributed by atoms with Gasteiger partial charge < -0.3 is 9.47 Å². The predicted octanol–water partition coefficient (Wildman–Crippen LogP) is 3.79. The van der Waals surface area contributed by atoms with Crippen molar-refractivity contribution in [2.75, 3.05) is 13.2 Å². The second-order valence-electron chi connectivity index (χ2n) is 4.17.